The molecule has 0 aliphatic heterocycles. The summed E-state index contributed by atoms with van der Waals surface area (Å²) in [5.41, 5.74) is 9.62. The van der Waals surface area contributed by atoms with Crippen LogP contribution in [0.5, 0.6) is 0 Å². The first-order chi connectivity index (χ1) is 9.66. The van der Waals surface area contributed by atoms with Gasteiger partial charge in [-0.15, -0.1) is 0 Å². The Kier molecular flexibility index (Phi) is 3.70. The molecule has 1 fully saturated rings. The second kappa shape index (κ2) is 5.49. The molecule has 0 radical (unpaired) electrons. The highest BCUT2D eigenvalue weighted by atomic mass is 15.0. The van der Waals surface area contributed by atoms with Crippen LogP contribution in [-0.4, -0.2) is 10.6 Å². The number of hydrogen-bond donors (Lipinski definition) is 2. The molecule has 1 aromatic carbocycles. The van der Waals surface area contributed by atoms with Gasteiger partial charge in [0.2, 0.25) is 0 Å². The summed E-state index contributed by atoms with van der Waals surface area (Å²) in [4.78, 5) is 0. The van der Waals surface area contributed by atoms with Crippen LogP contribution in [0.2, 0.25) is 0 Å². The number of nitrogens with zero attached hydrogens (tertiary/aromatic N) is 1. The zero-order valence-electron chi connectivity index (χ0n) is 12.5. The van der Waals surface area contributed by atoms with Crippen LogP contribution >= 0.6 is 0 Å². The SMILES string of the molecule is CC(C)n1cc(CNC2CCCC2)c2cccc(N)c21. The fraction of sp³-hybridized carbons (Fsp3) is 0.529. The van der Waals surface area contributed by atoms with E-state index in [0.717, 1.165) is 12.2 Å². The molecule has 3 N–H and O–H groups in total. The minimum absolute atomic E-state index is 0.433. The first kappa shape index (κ1) is 13.5. The highest BCUT2D eigenvalue weighted by Crippen LogP contribution is 2.29. The number of para-hydroxylation sites is 1. The third-order valence-corrected chi connectivity index (χ3v) is 4.46. The van der Waals surface area contributed by atoms with Gasteiger partial charge in [-0.05, 0) is 38.3 Å². The van der Waals surface area contributed by atoms with E-state index in [2.05, 4.69) is 42.1 Å². The predicted octanol–water partition coefficient (Wildman–Crippen LogP) is 3.84. The molecular weight excluding hydrogens is 246 g/mol. The standard InChI is InChI=1S/C17H25N3/c1-12(2)20-11-13(10-19-14-6-3-4-7-14)15-8-5-9-16(18)17(15)20/h5,8-9,11-12,14,19H,3-4,6-7,10,18H2,1-2H3. The molecule has 1 heterocycles. The summed E-state index contributed by atoms with van der Waals surface area (Å²) in [6, 6.07) is 7.38. The van der Waals surface area contributed by atoms with E-state index in [1.807, 2.05) is 6.07 Å². The summed E-state index contributed by atoms with van der Waals surface area (Å²) in [7, 11) is 0. The topological polar surface area (TPSA) is 43.0 Å². The van der Waals surface area contributed by atoms with E-state index in [4.69, 9.17) is 5.73 Å². The molecule has 2 aromatic rings. The Morgan fingerprint density at radius 3 is 2.75 bits per heavy atom. The lowest BCUT2D eigenvalue weighted by Gasteiger charge is -2.11. The van der Waals surface area contributed by atoms with Gasteiger partial charge in [0.1, 0.15) is 0 Å². The number of aromatic nitrogens is 1. The smallest absolute Gasteiger partial charge is 0.0719 e. The van der Waals surface area contributed by atoms with E-state index in [1.54, 1.807) is 0 Å². The van der Waals surface area contributed by atoms with Crippen molar-refractivity contribution in [2.45, 2.75) is 58.2 Å². The van der Waals surface area contributed by atoms with Crippen molar-refractivity contribution in [3.05, 3.63) is 30.0 Å². The molecule has 1 aliphatic carbocycles. The van der Waals surface area contributed by atoms with Crippen LogP contribution in [0.15, 0.2) is 24.4 Å². The fourth-order valence-electron chi connectivity index (χ4n) is 3.34. The first-order valence-corrected chi connectivity index (χ1v) is 7.78. The van der Waals surface area contributed by atoms with Crippen molar-refractivity contribution in [3.63, 3.8) is 0 Å². The highest BCUT2D eigenvalue weighted by molar-refractivity contribution is 5.93. The number of fused-ring (bicyclic) bond motifs is 1. The third kappa shape index (κ3) is 2.42. The van der Waals surface area contributed by atoms with Crippen LogP contribution in [0.3, 0.4) is 0 Å². The van der Waals surface area contributed by atoms with Gasteiger partial charge in [-0.1, -0.05) is 25.0 Å². The molecular formula is C17H25N3. The van der Waals surface area contributed by atoms with E-state index >= 15 is 0 Å². The van der Waals surface area contributed by atoms with Gasteiger partial charge in [0, 0.05) is 30.2 Å². The Balaban J connectivity index is 1.92. The van der Waals surface area contributed by atoms with Crippen molar-refractivity contribution in [2.24, 2.45) is 0 Å². The molecule has 1 saturated carbocycles. The molecule has 1 aromatic heterocycles. The lowest BCUT2D eigenvalue weighted by molar-refractivity contribution is 0.523. The molecule has 0 spiro atoms. The van der Waals surface area contributed by atoms with E-state index in [1.165, 1.54) is 42.1 Å². The quantitative estimate of drug-likeness (QED) is 0.830. The van der Waals surface area contributed by atoms with Crippen molar-refractivity contribution in [1.29, 1.82) is 0 Å². The summed E-state index contributed by atoms with van der Waals surface area (Å²) in [5.74, 6) is 0. The first-order valence-electron chi connectivity index (χ1n) is 7.78. The largest absolute Gasteiger partial charge is 0.397 e. The molecule has 108 valence electrons. The number of nitrogen functional groups attached to an aromatic ring is 1. The molecule has 3 heteroatoms. The molecule has 0 amide bonds. The van der Waals surface area contributed by atoms with E-state index in [0.29, 0.717) is 12.1 Å². The monoisotopic (exact) mass is 271 g/mol. The molecule has 0 bridgehead atoms. The zero-order chi connectivity index (χ0) is 14.1. The summed E-state index contributed by atoms with van der Waals surface area (Å²) in [6.07, 6.45) is 7.67. The Hall–Kier alpha value is -1.48. The van der Waals surface area contributed by atoms with Crippen molar-refractivity contribution >= 4 is 16.6 Å². The van der Waals surface area contributed by atoms with Crippen molar-refractivity contribution < 1.29 is 0 Å². The minimum atomic E-state index is 0.433. The molecule has 3 nitrogen and oxygen atoms in total. The van der Waals surface area contributed by atoms with E-state index in [9.17, 15) is 0 Å². The van der Waals surface area contributed by atoms with Gasteiger partial charge in [0.05, 0.1) is 11.2 Å². The normalized spacial score (nSPS) is 16.6. The molecule has 0 atom stereocenters. The number of nitrogens with two attached hydrogens (primary N) is 1. The number of hydrogen-bond acceptors (Lipinski definition) is 2. The maximum Gasteiger partial charge on any atom is 0.0719 e. The summed E-state index contributed by atoms with van der Waals surface area (Å²) in [5, 5.41) is 5.00. The molecule has 0 unspecified atom stereocenters. The van der Waals surface area contributed by atoms with E-state index < -0.39 is 0 Å². The second-order valence-corrected chi connectivity index (χ2v) is 6.26. The van der Waals surface area contributed by atoms with Gasteiger partial charge in [0.25, 0.3) is 0 Å². The fourth-order valence-corrected chi connectivity index (χ4v) is 3.34. The predicted molar refractivity (Wildman–Crippen MR) is 85.8 cm³/mol. The molecule has 1 aliphatic rings. The van der Waals surface area contributed by atoms with Gasteiger partial charge < -0.3 is 15.6 Å². The number of rotatable bonds is 4. The number of benzene rings is 1. The minimum Gasteiger partial charge on any atom is -0.397 e. The Morgan fingerprint density at radius 1 is 1.30 bits per heavy atom. The van der Waals surface area contributed by atoms with Crippen molar-refractivity contribution in [3.8, 4) is 0 Å². The van der Waals surface area contributed by atoms with Gasteiger partial charge in [-0.3, -0.25) is 0 Å². The Bertz CT molecular complexity index is 592. The molecule has 20 heavy (non-hydrogen) atoms. The lowest BCUT2D eigenvalue weighted by atomic mass is 10.1. The van der Waals surface area contributed by atoms with Crippen LogP contribution in [0, 0.1) is 0 Å². The highest BCUT2D eigenvalue weighted by Gasteiger charge is 2.16. The van der Waals surface area contributed by atoms with Gasteiger partial charge in [0.15, 0.2) is 0 Å². The average Bonchev–Trinajstić information content (AvgIpc) is 3.04. The van der Waals surface area contributed by atoms with Crippen molar-refractivity contribution in [1.82, 2.24) is 9.88 Å². The number of anilines is 1. The molecule has 0 saturated heterocycles. The van der Waals surface area contributed by atoms with Crippen LogP contribution in [-0.2, 0) is 6.54 Å². The maximum absolute atomic E-state index is 6.19. The second-order valence-electron chi connectivity index (χ2n) is 6.26. The Labute approximate surface area is 121 Å². The lowest BCUT2D eigenvalue weighted by Crippen LogP contribution is -2.25. The third-order valence-electron chi connectivity index (χ3n) is 4.46. The maximum atomic E-state index is 6.19. The van der Waals surface area contributed by atoms with Gasteiger partial charge in [-0.2, -0.15) is 0 Å². The van der Waals surface area contributed by atoms with Crippen LogP contribution < -0.4 is 11.1 Å². The zero-order valence-corrected chi connectivity index (χ0v) is 12.5. The number of nitrogens with one attached hydrogen (secondary N) is 1. The average molecular weight is 271 g/mol. The Morgan fingerprint density at radius 2 is 2.05 bits per heavy atom. The summed E-state index contributed by atoms with van der Waals surface area (Å²) < 4.78 is 2.30. The van der Waals surface area contributed by atoms with E-state index in [-0.39, 0.29) is 0 Å². The summed E-state index contributed by atoms with van der Waals surface area (Å²) >= 11 is 0. The van der Waals surface area contributed by atoms with Crippen LogP contribution in [0.4, 0.5) is 5.69 Å². The van der Waals surface area contributed by atoms with Gasteiger partial charge >= 0.3 is 0 Å². The van der Waals surface area contributed by atoms with Crippen LogP contribution in [0.25, 0.3) is 10.9 Å². The van der Waals surface area contributed by atoms with Gasteiger partial charge in [-0.25, -0.2) is 0 Å². The molecule has 3 rings (SSSR count). The summed E-state index contributed by atoms with van der Waals surface area (Å²) in [6.45, 7) is 5.37. The van der Waals surface area contributed by atoms with Crippen molar-refractivity contribution in [2.75, 3.05) is 5.73 Å². The van der Waals surface area contributed by atoms with Crippen LogP contribution in [0.1, 0.15) is 51.1 Å².